The number of rotatable bonds is 3. The molecule has 3 amide bonds. The van der Waals surface area contributed by atoms with Crippen LogP contribution in [0.2, 0.25) is 5.15 Å². The van der Waals surface area contributed by atoms with Crippen LogP contribution in [-0.2, 0) is 4.79 Å². The van der Waals surface area contributed by atoms with E-state index >= 15 is 0 Å². The standard InChI is InChI=1S/C22H17ClN6O2/c1-11-18(21(30)26-14-6-7-17-13(8-14)10-24-29-17)19(28-22(31)25-11)15-9-12-4-2-3-5-16(12)27-20(15)23/h2-10,19H,1H3,(H,24,29)(H,26,30)(H2,25,28,31). The average molecular weight is 433 g/mol. The van der Waals surface area contributed by atoms with E-state index in [9.17, 15) is 9.59 Å². The van der Waals surface area contributed by atoms with Crippen molar-refractivity contribution in [3.8, 4) is 0 Å². The Balaban J connectivity index is 1.54. The second kappa shape index (κ2) is 7.41. The fraction of sp³-hybridized carbons (Fsp3) is 0.0909. The maximum Gasteiger partial charge on any atom is 0.319 e. The average Bonchev–Trinajstić information content (AvgIpc) is 3.20. The quantitative estimate of drug-likeness (QED) is 0.366. The molecule has 31 heavy (non-hydrogen) atoms. The number of allylic oxidation sites excluding steroid dienone is 1. The maximum absolute atomic E-state index is 13.3. The number of pyridine rings is 1. The number of nitrogens with one attached hydrogen (secondary N) is 4. The van der Waals surface area contributed by atoms with Crippen molar-refractivity contribution in [1.29, 1.82) is 0 Å². The van der Waals surface area contributed by atoms with Crippen LogP contribution in [0.25, 0.3) is 21.8 Å². The molecule has 154 valence electrons. The zero-order chi connectivity index (χ0) is 21.5. The van der Waals surface area contributed by atoms with Crippen molar-refractivity contribution >= 4 is 51.0 Å². The number of amides is 3. The Morgan fingerprint density at radius 1 is 1.13 bits per heavy atom. The third-order valence-corrected chi connectivity index (χ3v) is 5.53. The molecule has 4 N–H and O–H groups in total. The largest absolute Gasteiger partial charge is 0.327 e. The van der Waals surface area contributed by atoms with Crippen LogP contribution in [0.5, 0.6) is 0 Å². The molecule has 1 aliphatic rings. The van der Waals surface area contributed by atoms with Crippen LogP contribution in [0.4, 0.5) is 10.5 Å². The Hall–Kier alpha value is -3.91. The summed E-state index contributed by atoms with van der Waals surface area (Å²) in [5, 5.41) is 17.2. The highest BCUT2D eigenvalue weighted by atomic mass is 35.5. The van der Waals surface area contributed by atoms with Gasteiger partial charge in [0.1, 0.15) is 5.15 Å². The third-order valence-electron chi connectivity index (χ3n) is 5.23. The van der Waals surface area contributed by atoms with Gasteiger partial charge in [-0.3, -0.25) is 9.89 Å². The van der Waals surface area contributed by atoms with Crippen molar-refractivity contribution in [3.63, 3.8) is 0 Å². The van der Waals surface area contributed by atoms with Gasteiger partial charge in [-0.25, -0.2) is 9.78 Å². The van der Waals surface area contributed by atoms with Gasteiger partial charge in [-0.1, -0.05) is 29.8 Å². The van der Waals surface area contributed by atoms with E-state index in [2.05, 4.69) is 31.1 Å². The van der Waals surface area contributed by atoms with Crippen LogP contribution in [0.3, 0.4) is 0 Å². The molecule has 2 aromatic heterocycles. The predicted molar refractivity (Wildman–Crippen MR) is 119 cm³/mol. The first-order valence-electron chi connectivity index (χ1n) is 9.57. The molecule has 4 aromatic rings. The van der Waals surface area contributed by atoms with Gasteiger partial charge in [0.25, 0.3) is 5.91 Å². The van der Waals surface area contributed by atoms with E-state index in [1.165, 1.54) is 0 Å². The summed E-state index contributed by atoms with van der Waals surface area (Å²) in [4.78, 5) is 29.9. The molecule has 0 fully saturated rings. The summed E-state index contributed by atoms with van der Waals surface area (Å²) in [6.07, 6.45) is 1.68. The van der Waals surface area contributed by atoms with Crippen molar-refractivity contribution in [2.45, 2.75) is 13.0 Å². The lowest BCUT2D eigenvalue weighted by atomic mass is 9.95. The van der Waals surface area contributed by atoms with Crippen LogP contribution in [-0.4, -0.2) is 27.1 Å². The highest BCUT2D eigenvalue weighted by molar-refractivity contribution is 6.30. The van der Waals surface area contributed by atoms with E-state index in [-0.39, 0.29) is 11.1 Å². The van der Waals surface area contributed by atoms with Crippen LogP contribution >= 0.6 is 11.6 Å². The minimum absolute atomic E-state index is 0.226. The molecular weight excluding hydrogens is 416 g/mol. The molecule has 0 radical (unpaired) electrons. The summed E-state index contributed by atoms with van der Waals surface area (Å²) in [6.45, 7) is 1.68. The first kappa shape index (κ1) is 19.1. The fourth-order valence-electron chi connectivity index (χ4n) is 3.76. The number of fused-ring (bicyclic) bond motifs is 2. The lowest BCUT2D eigenvalue weighted by Crippen LogP contribution is -2.46. The van der Waals surface area contributed by atoms with Crippen LogP contribution in [0, 0.1) is 0 Å². The zero-order valence-corrected chi connectivity index (χ0v) is 17.1. The number of benzene rings is 2. The number of hydrogen-bond donors (Lipinski definition) is 4. The molecule has 0 saturated heterocycles. The van der Waals surface area contributed by atoms with Gasteiger partial charge >= 0.3 is 6.03 Å². The van der Waals surface area contributed by atoms with E-state index in [1.807, 2.05) is 42.5 Å². The third kappa shape index (κ3) is 3.47. The summed E-state index contributed by atoms with van der Waals surface area (Å²) in [6, 6.07) is 13.6. The zero-order valence-electron chi connectivity index (χ0n) is 16.4. The van der Waals surface area contributed by atoms with Crippen molar-refractivity contribution in [2.75, 3.05) is 5.32 Å². The van der Waals surface area contributed by atoms with Crippen molar-refractivity contribution in [2.24, 2.45) is 0 Å². The number of H-pyrrole nitrogens is 1. The Labute approximate surface area is 181 Å². The van der Waals surface area contributed by atoms with Gasteiger partial charge in [0.2, 0.25) is 0 Å². The van der Waals surface area contributed by atoms with E-state index < -0.39 is 12.1 Å². The molecule has 1 unspecified atom stereocenters. The van der Waals surface area contributed by atoms with Gasteiger partial charge < -0.3 is 16.0 Å². The first-order valence-corrected chi connectivity index (χ1v) is 9.95. The number of nitrogens with zero attached hydrogens (tertiary/aromatic N) is 2. The molecule has 9 heteroatoms. The number of aromatic nitrogens is 3. The molecule has 0 aliphatic carbocycles. The first-order chi connectivity index (χ1) is 15.0. The van der Waals surface area contributed by atoms with Gasteiger partial charge in [-0.2, -0.15) is 5.10 Å². The number of carbonyl (C=O) groups is 2. The predicted octanol–water partition coefficient (Wildman–Crippen LogP) is 4.03. The Bertz CT molecular complexity index is 1390. The van der Waals surface area contributed by atoms with Crippen LogP contribution in [0.1, 0.15) is 18.5 Å². The smallest absolute Gasteiger partial charge is 0.319 e. The number of halogens is 1. The Morgan fingerprint density at radius 2 is 1.97 bits per heavy atom. The van der Waals surface area contributed by atoms with E-state index in [4.69, 9.17) is 11.6 Å². The molecular formula is C22H17ClN6O2. The fourth-order valence-corrected chi connectivity index (χ4v) is 4.01. The monoisotopic (exact) mass is 432 g/mol. The molecule has 3 heterocycles. The molecule has 1 atom stereocenters. The van der Waals surface area contributed by atoms with Gasteiger partial charge in [-0.15, -0.1) is 0 Å². The molecule has 8 nitrogen and oxygen atoms in total. The number of carbonyl (C=O) groups excluding carboxylic acids is 2. The van der Waals surface area contributed by atoms with E-state index in [0.717, 1.165) is 21.8 Å². The molecule has 0 bridgehead atoms. The van der Waals surface area contributed by atoms with Crippen molar-refractivity contribution in [1.82, 2.24) is 25.8 Å². The maximum atomic E-state index is 13.3. The SMILES string of the molecule is CC1=C(C(=O)Nc2ccc3[nH]ncc3c2)C(c2cc3ccccc3nc2Cl)NC(=O)N1. The number of aromatic amines is 1. The number of urea groups is 1. The van der Waals surface area contributed by atoms with Gasteiger partial charge in [0.15, 0.2) is 0 Å². The Kier molecular flexibility index (Phi) is 4.56. The lowest BCUT2D eigenvalue weighted by Gasteiger charge is -2.29. The van der Waals surface area contributed by atoms with Crippen LogP contribution < -0.4 is 16.0 Å². The topological polar surface area (TPSA) is 112 Å². The molecule has 0 saturated carbocycles. The van der Waals surface area contributed by atoms with E-state index in [1.54, 1.807) is 19.2 Å². The van der Waals surface area contributed by atoms with Gasteiger partial charge in [0.05, 0.1) is 28.8 Å². The molecule has 2 aromatic carbocycles. The van der Waals surface area contributed by atoms with E-state index in [0.29, 0.717) is 22.5 Å². The van der Waals surface area contributed by atoms with Crippen molar-refractivity contribution in [3.05, 3.63) is 76.7 Å². The van der Waals surface area contributed by atoms with Gasteiger partial charge in [0, 0.05) is 27.7 Å². The lowest BCUT2D eigenvalue weighted by molar-refractivity contribution is -0.113. The van der Waals surface area contributed by atoms with Crippen LogP contribution in [0.15, 0.2) is 66.0 Å². The summed E-state index contributed by atoms with van der Waals surface area (Å²) in [5.74, 6) is -0.359. The highest BCUT2D eigenvalue weighted by Crippen LogP contribution is 2.33. The normalized spacial score (nSPS) is 16.3. The molecule has 1 aliphatic heterocycles. The second-order valence-corrected chi connectivity index (χ2v) is 7.62. The second-order valence-electron chi connectivity index (χ2n) is 7.26. The minimum Gasteiger partial charge on any atom is -0.327 e. The number of anilines is 1. The number of hydrogen-bond acceptors (Lipinski definition) is 4. The van der Waals surface area contributed by atoms with Gasteiger partial charge in [-0.05, 0) is 37.3 Å². The number of para-hydroxylation sites is 1. The summed E-state index contributed by atoms with van der Waals surface area (Å²) in [5.41, 5.74) is 3.55. The van der Waals surface area contributed by atoms with Crippen molar-refractivity contribution < 1.29 is 9.59 Å². The summed E-state index contributed by atoms with van der Waals surface area (Å²) >= 11 is 6.47. The summed E-state index contributed by atoms with van der Waals surface area (Å²) < 4.78 is 0. The molecule has 0 spiro atoms. The Morgan fingerprint density at radius 3 is 2.84 bits per heavy atom. The minimum atomic E-state index is -0.754. The molecule has 5 rings (SSSR count). The highest BCUT2D eigenvalue weighted by Gasteiger charge is 2.33. The summed E-state index contributed by atoms with van der Waals surface area (Å²) in [7, 11) is 0.